The molecule has 1 aromatic carbocycles. The maximum absolute atomic E-state index is 4.03. The summed E-state index contributed by atoms with van der Waals surface area (Å²) in [4.78, 5) is 8.05. The highest BCUT2D eigenvalue weighted by Gasteiger charge is 2.19. The van der Waals surface area contributed by atoms with Gasteiger partial charge in [0.05, 0.1) is 24.1 Å². The molecule has 1 atom stereocenters. The van der Waals surface area contributed by atoms with Crippen LogP contribution in [0.2, 0.25) is 0 Å². The van der Waals surface area contributed by atoms with Crippen molar-refractivity contribution in [2.24, 2.45) is 0 Å². The van der Waals surface area contributed by atoms with Gasteiger partial charge >= 0.3 is 0 Å². The van der Waals surface area contributed by atoms with Gasteiger partial charge in [-0.1, -0.05) is 24.3 Å². The molecule has 0 amide bonds. The molecule has 0 saturated carbocycles. The van der Waals surface area contributed by atoms with Crippen LogP contribution in [0.1, 0.15) is 17.2 Å². The number of nitrogens with zero attached hydrogens (tertiary/aromatic N) is 2. The third kappa shape index (κ3) is 2.26. The zero-order chi connectivity index (χ0) is 11.5. The normalized spacial score (nSPS) is 18.5. The van der Waals surface area contributed by atoms with Crippen molar-refractivity contribution in [2.45, 2.75) is 11.8 Å². The van der Waals surface area contributed by atoms with E-state index in [0.717, 1.165) is 17.2 Å². The largest absolute Gasteiger partial charge is 0.375 e. The van der Waals surface area contributed by atoms with Gasteiger partial charge in [-0.2, -0.15) is 11.8 Å². The molecule has 1 aromatic heterocycles. The van der Waals surface area contributed by atoms with E-state index in [9.17, 15) is 0 Å². The maximum Gasteiger partial charge on any atom is 0.115 e. The first-order valence-electron chi connectivity index (χ1n) is 5.60. The van der Waals surface area contributed by atoms with E-state index in [2.05, 4.69) is 39.6 Å². The van der Waals surface area contributed by atoms with Gasteiger partial charge in [0.2, 0.25) is 0 Å². The van der Waals surface area contributed by atoms with Crippen molar-refractivity contribution in [2.75, 3.05) is 11.1 Å². The van der Waals surface area contributed by atoms with Crippen molar-refractivity contribution in [1.82, 2.24) is 9.97 Å². The second-order valence-corrected chi connectivity index (χ2v) is 5.07. The lowest BCUT2D eigenvalue weighted by Crippen LogP contribution is -2.18. The minimum atomic E-state index is 0.357. The molecule has 3 nitrogen and oxygen atoms in total. The van der Waals surface area contributed by atoms with Gasteiger partial charge in [0.25, 0.3) is 0 Å². The van der Waals surface area contributed by atoms with Gasteiger partial charge in [0.1, 0.15) is 6.33 Å². The van der Waals surface area contributed by atoms with E-state index in [1.807, 2.05) is 24.2 Å². The van der Waals surface area contributed by atoms with Gasteiger partial charge in [-0.3, -0.25) is 0 Å². The molecule has 0 bridgehead atoms. The Bertz CT molecular complexity index is 501. The summed E-state index contributed by atoms with van der Waals surface area (Å²) in [6.07, 6.45) is 5.18. The Balaban J connectivity index is 1.86. The van der Waals surface area contributed by atoms with Crippen molar-refractivity contribution in [3.8, 4) is 0 Å². The van der Waals surface area contributed by atoms with Crippen LogP contribution < -0.4 is 5.32 Å². The highest BCUT2D eigenvalue weighted by atomic mass is 32.2. The predicted molar refractivity (Wildman–Crippen MR) is 71.0 cm³/mol. The fourth-order valence-electron chi connectivity index (χ4n) is 2.08. The zero-order valence-electron chi connectivity index (χ0n) is 9.34. The molecule has 1 aliphatic rings. The standard InChI is InChI=1S/C13H13N3S/c1-2-4-12-10(3-1)7-17-8-13(12)16-11-5-14-9-15-6-11/h1-6,9,13,16H,7-8H2. The molecule has 2 aromatic rings. The molecule has 3 rings (SSSR count). The Morgan fingerprint density at radius 3 is 2.88 bits per heavy atom. The molecule has 86 valence electrons. The molecule has 0 saturated heterocycles. The lowest BCUT2D eigenvalue weighted by Gasteiger charge is -2.26. The van der Waals surface area contributed by atoms with Crippen molar-refractivity contribution >= 4 is 17.4 Å². The van der Waals surface area contributed by atoms with Crippen LogP contribution in [0.3, 0.4) is 0 Å². The Morgan fingerprint density at radius 1 is 1.18 bits per heavy atom. The first-order chi connectivity index (χ1) is 8.43. The Hall–Kier alpha value is -1.55. The Morgan fingerprint density at radius 2 is 2.00 bits per heavy atom. The van der Waals surface area contributed by atoms with E-state index in [-0.39, 0.29) is 0 Å². The summed E-state index contributed by atoms with van der Waals surface area (Å²) in [7, 11) is 0. The van der Waals surface area contributed by atoms with Crippen molar-refractivity contribution < 1.29 is 0 Å². The van der Waals surface area contributed by atoms with Crippen LogP contribution >= 0.6 is 11.8 Å². The molecule has 1 aliphatic heterocycles. The van der Waals surface area contributed by atoms with Gasteiger partial charge < -0.3 is 5.32 Å². The third-order valence-corrected chi connectivity index (χ3v) is 3.96. The number of hydrogen-bond donors (Lipinski definition) is 1. The second-order valence-electron chi connectivity index (χ2n) is 4.04. The first-order valence-corrected chi connectivity index (χ1v) is 6.76. The number of thioether (sulfide) groups is 1. The Kier molecular flexibility index (Phi) is 2.96. The van der Waals surface area contributed by atoms with E-state index < -0.39 is 0 Å². The average Bonchev–Trinajstić information content (AvgIpc) is 2.40. The average molecular weight is 243 g/mol. The number of benzene rings is 1. The molecule has 0 fully saturated rings. The van der Waals surface area contributed by atoms with Gasteiger partial charge in [0.15, 0.2) is 0 Å². The highest BCUT2D eigenvalue weighted by molar-refractivity contribution is 7.98. The van der Waals surface area contributed by atoms with Crippen LogP contribution in [0.4, 0.5) is 5.69 Å². The number of hydrogen-bond acceptors (Lipinski definition) is 4. The van der Waals surface area contributed by atoms with Crippen LogP contribution in [0, 0.1) is 0 Å². The van der Waals surface area contributed by atoms with Crippen LogP contribution in [0.15, 0.2) is 43.0 Å². The Labute approximate surface area is 105 Å². The SMILES string of the molecule is c1ccc2c(c1)CSCC2Nc1cncnc1. The summed E-state index contributed by atoms with van der Waals surface area (Å²) >= 11 is 1.96. The molecule has 1 unspecified atom stereocenters. The topological polar surface area (TPSA) is 37.8 Å². The quantitative estimate of drug-likeness (QED) is 0.880. The van der Waals surface area contributed by atoms with Crippen molar-refractivity contribution in [1.29, 1.82) is 0 Å². The lowest BCUT2D eigenvalue weighted by atomic mass is 10.0. The van der Waals surface area contributed by atoms with Crippen LogP contribution in [0.5, 0.6) is 0 Å². The fraction of sp³-hybridized carbons (Fsp3) is 0.231. The van der Waals surface area contributed by atoms with E-state index in [4.69, 9.17) is 0 Å². The minimum Gasteiger partial charge on any atom is -0.375 e. The minimum absolute atomic E-state index is 0.357. The lowest BCUT2D eigenvalue weighted by molar-refractivity contribution is 0.867. The zero-order valence-corrected chi connectivity index (χ0v) is 10.2. The van der Waals surface area contributed by atoms with E-state index in [1.54, 1.807) is 6.33 Å². The molecular formula is C13H13N3S. The van der Waals surface area contributed by atoms with E-state index in [0.29, 0.717) is 6.04 Å². The summed E-state index contributed by atoms with van der Waals surface area (Å²) < 4.78 is 0. The van der Waals surface area contributed by atoms with Gasteiger partial charge in [-0.15, -0.1) is 0 Å². The summed E-state index contributed by atoms with van der Waals surface area (Å²) in [5, 5.41) is 3.49. The fourth-order valence-corrected chi connectivity index (χ4v) is 3.18. The molecule has 2 heterocycles. The van der Waals surface area contributed by atoms with Gasteiger partial charge in [0, 0.05) is 11.5 Å². The summed E-state index contributed by atoms with van der Waals surface area (Å²) in [5.41, 5.74) is 3.81. The number of aromatic nitrogens is 2. The number of fused-ring (bicyclic) bond motifs is 1. The molecular weight excluding hydrogens is 230 g/mol. The van der Waals surface area contributed by atoms with E-state index in [1.165, 1.54) is 11.1 Å². The van der Waals surface area contributed by atoms with Crippen molar-refractivity contribution in [3.05, 3.63) is 54.1 Å². The molecule has 0 radical (unpaired) electrons. The van der Waals surface area contributed by atoms with E-state index >= 15 is 0 Å². The summed E-state index contributed by atoms with van der Waals surface area (Å²) in [5.74, 6) is 2.20. The van der Waals surface area contributed by atoms with Crippen LogP contribution in [-0.2, 0) is 5.75 Å². The van der Waals surface area contributed by atoms with Gasteiger partial charge in [-0.05, 0) is 11.1 Å². The molecule has 1 N–H and O–H groups in total. The maximum atomic E-state index is 4.03. The van der Waals surface area contributed by atoms with Crippen LogP contribution in [-0.4, -0.2) is 15.7 Å². The smallest absolute Gasteiger partial charge is 0.115 e. The molecule has 0 aliphatic carbocycles. The van der Waals surface area contributed by atoms with Gasteiger partial charge in [-0.25, -0.2) is 9.97 Å². The molecule has 4 heteroatoms. The summed E-state index contributed by atoms with van der Waals surface area (Å²) in [6.45, 7) is 0. The second kappa shape index (κ2) is 4.75. The summed E-state index contributed by atoms with van der Waals surface area (Å²) in [6, 6.07) is 8.97. The number of anilines is 1. The van der Waals surface area contributed by atoms with Crippen LogP contribution in [0.25, 0.3) is 0 Å². The first kappa shape index (κ1) is 10.6. The predicted octanol–water partition coefficient (Wildman–Crippen LogP) is 2.88. The number of nitrogens with one attached hydrogen (secondary N) is 1. The molecule has 17 heavy (non-hydrogen) atoms. The monoisotopic (exact) mass is 243 g/mol. The van der Waals surface area contributed by atoms with Crippen molar-refractivity contribution in [3.63, 3.8) is 0 Å². The molecule has 0 spiro atoms. The third-order valence-electron chi connectivity index (χ3n) is 2.87. The number of rotatable bonds is 2. The highest BCUT2D eigenvalue weighted by Crippen LogP contribution is 2.33.